The molecule has 2 atom stereocenters. The monoisotopic (exact) mass is 498 g/mol. The van der Waals surface area contributed by atoms with Gasteiger partial charge in [0.15, 0.2) is 0 Å². The third-order valence-corrected chi connectivity index (χ3v) is 8.83. The molecular formula is C25H24Cl2N4O3. The van der Waals surface area contributed by atoms with Gasteiger partial charge in [-0.2, -0.15) is 0 Å². The van der Waals surface area contributed by atoms with E-state index in [2.05, 4.69) is 31.6 Å². The van der Waals surface area contributed by atoms with E-state index in [-0.39, 0.29) is 11.3 Å². The average molecular weight is 499 g/mol. The Morgan fingerprint density at radius 1 is 0.941 bits per heavy atom. The van der Waals surface area contributed by atoms with Crippen molar-refractivity contribution in [3.05, 3.63) is 63.4 Å². The number of carbonyl (C=O) groups is 2. The van der Waals surface area contributed by atoms with Crippen LogP contribution in [0.25, 0.3) is 11.0 Å². The maximum absolute atomic E-state index is 13.8. The standard InChI is InChI=1S/C25H24Cl2N4O3/c1-23(2)24(3)9-10-25(23,20-19(24)28-16-11-14(26)15(27)12-17(16)29-20)22(33)31-30-21(32)13-7-5-6-8-18(13)34-4/h5-8,11-12H,9-10H2,1-4H3,(H,30,32)(H,31,33). The summed E-state index contributed by atoms with van der Waals surface area (Å²) in [6, 6.07) is 10.2. The molecule has 2 aliphatic rings. The van der Waals surface area contributed by atoms with Gasteiger partial charge in [0, 0.05) is 5.41 Å². The summed E-state index contributed by atoms with van der Waals surface area (Å²) in [5.41, 5.74) is 6.32. The summed E-state index contributed by atoms with van der Waals surface area (Å²) >= 11 is 12.4. The van der Waals surface area contributed by atoms with Crippen LogP contribution in [-0.4, -0.2) is 28.9 Å². The Hall–Kier alpha value is -2.90. The van der Waals surface area contributed by atoms with Gasteiger partial charge in [0.25, 0.3) is 11.8 Å². The fourth-order valence-corrected chi connectivity index (χ4v) is 6.04. The van der Waals surface area contributed by atoms with Gasteiger partial charge in [-0.25, -0.2) is 9.97 Å². The molecule has 0 aliphatic heterocycles. The lowest BCUT2D eigenvalue weighted by atomic mass is 9.63. The lowest BCUT2D eigenvalue weighted by Crippen LogP contribution is -2.55. The van der Waals surface area contributed by atoms with Crippen LogP contribution in [-0.2, 0) is 15.6 Å². The van der Waals surface area contributed by atoms with Crippen molar-refractivity contribution in [2.45, 2.75) is 44.4 Å². The lowest BCUT2D eigenvalue weighted by Gasteiger charge is -2.39. The molecule has 9 heteroatoms. The summed E-state index contributed by atoms with van der Waals surface area (Å²) < 4.78 is 5.26. The number of halogens is 2. The summed E-state index contributed by atoms with van der Waals surface area (Å²) in [4.78, 5) is 36.4. The molecule has 34 heavy (non-hydrogen) atoms. The van der Waals surface area contributed by atoms with Gasteiger partial charge in [-0.3, -0.25) is 20.4 Å². The Balaban J connectivity index is 1.55. The predicted molar refractivity (Wildman–Crippen MR) is 130 cm³/mol. The molecule has 2 N–H and O–H groups in total. The summed E-state index contributed by atoms with van der Waals surface area (Å²) in [6.07, 6.45) is 1.35. The molecule has 5 rings (SSSR count). The number of carbonyl (C=O) groups excluding carboxylic acids is 2. The van der Waals surface area contributed by atoms with E-state index in [1.165, 1.54) is 7.11 Å². The highest BCUT2D eigenvalue weighted by atomic mass is 35.5. The highest BCUT2D eigenvalue weighted by Gasteiger charge is 2.73. The number of rotatable bonds is 3. The smallest absolute Gasteiger partial charge is 0.273 e. The second-order valence-electron chi connectivity index (χ2n) is 9.65. The normalized spacial score (nSPS) is 24.1. The minimum absolute atomic E-state index is 0.322. The van der Waals surface area contributed by atoms with Crippen LogP contribution >= 0.6 is 23.2 Å². The second kappa shape index (κ2) is 7.55. The van der Waals surface area contributed by atoms with Gasteiger partial charge >= 0.3 is 0 Å². The lowest BCUT2D eigenvalue weighted by molar-refractivity contribution is -0.131. The van der Waals surface area contributed by atoms with Crippen LogP contribution in [0.4, 0.5) is 0 Å². The highest BCUT2D eigenvalue weighted by molar-refractivity contribution is 6.42. The molecule has 2 unspecified atom stereocenters. The van der Waals surface area contributed by atoms with E-state index in [9.17, 15) is 9.59 Å². The van der Waals surface area contributed by atoms with Crippen LogP contribution in [0.3, 0.4) is 0 Å². The number of hydrogen-bond donors (Lipinski definition) is 2. The third kappa shape index (κ3) is 2.83. The Kier molecular flexibility index (Phi) is 5.08. The van der Waals surface area contributed by atoms with Crippen molar-refractivity contribution in [3.63, 3.8) is 0 Å². The summed E-state index contributed by atoms with van der Waals surface area (Å²) in [7, 11) is 1.49. The molecule has 0 saturated heterocycles. The maximum Gasteiger partial charge on any atom is 0.273 e. The fraction of sp³-hybridized carbons (Fsp3) is 0.360. The van der Waals surface area contributed by atoms with Gasteiger partial charge in [0.2, 0.25) is 0 Å². The van der Waals surface area contributed by atoms with E-state index in [0.29, 0.717) is 44.5 Å². The number of benzene rings is 2. The molecular weight excluding hydrogens is 475 g/mol. The molecule has 1 aromatic heterocycles. The highest BCUT2D eigenvalue weighted by Crippen LogP contribution is 2.70. The fourth-order valence-electron chi connectivity index (χ4n) is 5.72. The molecule has 2 bridgehead atoms. The SMILES string of the molecule is COc1ccccc1C(=O)NNC(=O)C12CCC(C)(c3nc4cc(Cl)c(Cl)cc4nc31)C2(C)C. The number of nitrogens with one attached hydrogen (secondary N) is 2. The molecule has 2 aliphatic carbocycles. The van der Waals surface area contributed by atoms with Crippen molar-refractivity contribution in [1.29, 1.82) is 0 Å². The van der Waals surface area contributed by atoms with Crippen LogP contribution in [0.2, 0.25) is 10.0 Å². The molecule has 2 aromatic carbocycles. The van der Waals surface area contributed by atoms with Crippen LogP contribution < -0.4 is 15.6 Å². The van der Waals surface area contributed by atoms with Gasteiger partial charge in [-0.15, -0.1) is 0 Å². The van der Waals surface area contributed by atoms with Crippen LogP contribution in [0.15, 0.2) is 36.4 Å². The first-order valence-corrected chi connectivity index (χ1v) is 11.7. The second-order valence-corrected chi connectivity index (χ2v) is 10.5. The molecule has 0 radical (unpaired) electrons. The third-order valence-electron chi connectivity index (χ3n) is 8.11. The maximum atomic E-state index is 13.8. The zero-order chi connectivity index (χ0) is 24.5. The minimum atomic E-state index is -0.974. The topological polar surface area (TPSA) is 93.2 Å². The van der Waals surface area contributed by atoms with E-state index < -0.39 is 16.7 Å². The van der Waals surface area contributed by atoms with E-state index >= 15 is 0 Å². The number of aromatic nitrogens is 2. The zero-order valence-electron chi connectivity index (χ0n) is 19.3. The number of para-hydroxylation sites is 1. The van der Waals surface area contributed by atoms with Crippen LogP contribution in [0, 0.1) is 5.41 Å². The van der Waals surface area contributed by atoms with Crippen molar-refractivity contribution in [2.24, 2.45) is 5.41 Å². The molecule has 0 spiro atoms. The van der Waals surface area contributed by atoms with Crippen molar-refractivity contribution in [2.75, 3.05) is 7.11 Å². The van der Waals surface area contributed by atoms with Gasteiger partial charge < -0.3 is 4.74 Å². The quantitative estimate of drug-likeness (QED) is 0.508. The largest absolute Gasteiger partial charge is 0.496 e. The summed E-state index contributed by atoms with van der Waals surface area (Å²) in [5, 5.41) is 0.780. The Morgan fingerprint density at radius 2 is 1.56 bits per heavy atom. The number of amides is 2. The molecule has 7 nitrogen and oxygen atoms in total. The first-order chi connectivity index (χ1) is 16.1. The van der Waals surface area contributed by atoms with E-state index in [1.807, 2.05) is 0 Å². The van der Waals surface area contributed by atoms with Gasteiger partial charge in [0.1, 0.15) is 11.2 Å². The first-order valence-electron chi connectivity index (χ1n) is 11.0. The molecule has 1 saturated carbocycles. The van der Waals surface area contributed by atoms with Gasteiger partial charge in [0.05, 0.1) is 45.1 Å². The molecule has 2 amide bonds. The van der Waals surface area contributed by atoms with Crippen molar-refractivity contribution < 1.29 is 14.3 Å². The Bertz CT molecular complexity index is 1380. The number of nitrogens with zero attached hydrogens (tertiary/aromatic N) is 2. The molecule has 1 heterocycles. The van der Waals surface area contributed by atoms with Gasteiger partial charge in [-0.1, -0.05) is 56.1 Å². The van der Waals surface area contributed by atoms with Crippen molar-refractivity contribution in [1.82, 2.24) is 20.8 Å². The molecule has 3 aromatic rings. The number of methoxy groups -OCH3 is 1. The van der Waals surface area contributed by atoms with E-state index in [4.69, 9.17) is 37.9 Å². The van der Waals surface area contributed by atoms with Crippen molar-refractivity contribution >= 4 is 46.0 Å². The van der Waals surface area contributed by atoms with Gasteiger partial charge in [-0.05, 0) is 42.5 Å². The predicted octanol–water partition coefficient (Wildman–Crippen LogP) is 4.74. The van der Waals surface area contributed by atoms with Crippen LogP contribution in [0.1, 0.15) is 55.4 Å². The van der Waals surface area contributed by atoms with E-state index in [0.717, 1.165) is 12.1 Å². The summed E-state index contributed by atoms with van der Waals surface area (Å²) in [6.45, 7) is 6.25. The van der Waals surface area contributed by atoms with Crippen molar-refractivity contribution in [3.8, 4) is 5.75 Å². The first kappa shape index (κ1) is 22.9. The minimum Gasteiger partial charge on any atom is -0.496 e. The number of hydrogen-bond acceptors (Lipinski definition) is 5. The number of hydrazine groups is 1. The Labute approximate surface area is 207 Å². The molecule has 1 fully saturated rings. The zero-order valence-corrected chi connectivity index (χ0v) is 20.8. The van der Waals surface area contributed by atoms with Crippen LogP contribution in [0.5, 0.6) is 5.75 Å². The molecule has 176 valence electrons. The number of ether oxygens (including phenoxy) is 1. The van der Waals surface area contributed by atoms with E-state index in [1.54, 1.807) is 36.4 Å². The average Bonchev–Trinajstić information content (AvgIpc) is 3.11. The number of fused-ring (bicyclic) bond motifs is 6. The Morgan fingerprint density at radius 3 is 2.21 bits per heavy atom. The summed E-state index contributed by atoms with van der Waals surface area (Å²) in [5.74, 6) is -0.373.